The van der Waals surface area contributed by atoms with Crippen molar-refractivity contribution in [2.75, 3.05) is 32.9 Å². The Kier molecular flexibility index (Phi) is 19.4. The summed E-state index contributed by atoms with van der Waals surface area (Å²) in [7, 11) is 3.29. The molecule has 2 rings (SSSR count). The van der Waals surface area contributed by atoms with E-state index in [1.807, 2.05) is 78.8 Å². The SMILES string of the molecule is CN[C@H](C(=O)N[C@H](C(=O)N(C)[C@H](/C=C(\C)C(=O)N[C@H](CCC(=O)NCCCN1C(=O)CC(SC[C@H](N)C(=O)O)C1=O)C(=O)O)C(C)C)C(C)(C)C)C(C)(C)c1ccccc1. The standard InChI is InChI=1S/C42H65N7O10S/c1-24(2)29(48(10)38(55)34(41(4,5)6)47-36(53)33(44-9)42(7,8)26-15-12-11-13-16-26)21-25(3)35(52)46-28(40(58)59)17-18-31(50)45-19-14-20-49-32(51)22-30(37(49)54)60-23-27(43)39(56)57/h11-13,15-16,21,24,27-30,33-34,44H,14,17-20,22-23,43H2,1-10H3,(H,45,50)(H,46,52)(H,47,53)(H,56,57)(H,58,59)/b25-21+/t27-,28+,29+,30?,33+,34+/m0/s1. The number of thioether (sulfide) groups is 1. The molecule has 1 aliphatic rings. The highest BCUT2D eigenvalue weighted by molar-refractivity contribution is 8.00. The number of carboxylic acids is 2. The van der Waals surface area contributed by atoms with Crippen LogP contribution in [0.15, 0.2) is 42.0 Å². The third-order valence-corrected chi connectivity index (χ3v) is 11.9. The summed E-state index contributed by atoms with van der Waals surface area (Å²) in [6.45, 7) is 14.8. The first kappa shape index (κ1) is 51.3. The molecule has 0 bridgehead atoms. The highest BCUT2D eigenvalue weighted by atomic mass is 32.2. The molecule has 1 aliphatic heterocycles. The molecule has 334 valence electrons. The van der Waals surface area contributed by atoms with E-state index in [2.05, 4.69) is 21.3 Å². The molecule has 1 aromatic rings. The molecule has 18 heteroatoms. The lowest BCUT2D eigenvalue weighted by molar-refractivity contribution is -0.141. The van der Waals surface area contributed by atoms with E-state index in [1.165, 1.54) is 11.8 Å². The quantitative estimate of drug-likeness (QED) is 0.0470. The number of amides is 6. The topological polar surface area (TPSA) is 258 Å². The summed E-state index contributed by atoms with van der Waals surface area (Å²) in [6.07, 6.45) is 1.27. The number of imide groups is 1. The molecule has 6 atom stereocenters. The maximum absolute atomic E-state index is 14.2. The van der Waals surface area contributed by atoms with Crippen molar-refractivity contribution in [1.29, 1.82) is 0 Å². The molecule has 1 saturated heterocycles. The Morgan fingerprint density at radius 1 is 0.983 bits per heavy atom. The maximum atomic E-state index is 14.2. The first-order valence-electron chi connectivity index (χ1n) is 20.1. The van der Waals surface area contributed by atoms with Gasteiger partial charge in [-0.1, -0.05) is 84.9 Å². The van der Waals surface area contributed by atoms with Crippen molar-refractivity contribution < 1.29 is 48.6 Å². The number of benzene rings is 1. The molecule has 1 fully saturated rings. The Bertz CT molecular complexity index is 1750. The maximum Gasteiger partial charge on any atom is 0.326 e. The second kappa shape index (κ2) is 22.7. The van der Waals surface area contributed by atoms with E-state index in [4.69, 9.17) is 10.8 Å². The second-order valence-electron chi connectivity index (χ2n) is 17.1. The van der Waals surface area contributed by atoms with E-state index in [0.717, 1.165) is 22.2 Å². The number of carboxylic acid groups (broad SMARTS) is 2. The molecule has 60 heavy (non-hydrogen) atoms. The largest absolute Gasteiger partial charge is 0.480 e. The normalized spacial score (nSPS) is 17.4. The lowest BCUT2D eigenvalue weighted by atomic mass is 9.76. The summed E-state index contributed by atoms with van der Waals surface area (Å²) < 4.78 is 0. The number of likely N-dealkylation sites (tertiary alicyclic amines) is 1. The number of aliphatic carboxylic acids is 2. The molecule has 8 N–H and O–H groups in total. The van der Waals surface area contributed by atoms with E-state index < -0.39 is 81.9 Å². The van der Waals surface area contributed by atoms with Crippen molar-refractivity contribution >= 4 is 59.1 Å². The van der Waals surface area contributed by atoms with Gasteiger partial charge >= 0.3 is 11.9 Å². The van der Waals surface area contributed by atoms with Crippen LogP contribution in [0.3, 0.4) is 0 Å². The van der Waals surface area contributed by atoms with Crippen molar-refractivity contribution in [3.05, 3.63) is 47.5 Å². The molecule has 1 heterocycles. The van der Waals surface area contributed by atoms with Crippen LogP contribution in [0.25, 0.3) is 0 Å². The Morgan fingerprint density at radius 2 is 1.60 bits per heavy atom. The minimum atomic E-state index is -1.41. The van der Waals surface area contributed by atoms with Gasteiger partial charge in [0, 0.05) is 49.7 Å². The van der Waals surface area contributed by atoms with Crippen LogP contribution in [0, 0.1) is 11.3 Å². The van der Waals surface area contributed by atoms with E-state index in [0.29, 0.717) is 0 Å². The summed E-state index contributed by atoms with van der Waals surface area (Å²) in [6, 6.07) is 4.79. The van der Waals surface area contributed by atoms with Crippen molar-refractivity contribution in [3.8, 4) is 0 Å². The first-order valence-corrected chi connectivity index (χ1v) is 21.1. The van der Waals surface area contributed by atoms with Crippen molar-refractivity contribution in [3.63, 3.8) is 0 Å². The van der Waals surface area contributed by atoms with Gasteiger partial charge in [-0.25, -0.2) is 4.79 Å². The molecule has 17 nitrogen and oxygen atoms in total. The average Bonchev–Trinajstić information content (AvgIpc) is 3.44. The zero-order chi connectivity index (χ0) is 45.7. The molecule has 0 spiro atoms. The number of rotatable bonds is 23. The highest BCUT2D eigenvalue weighted by Crippen LogP contribution is 2.29. The zero-order valence-corrected chi connectivity index (χ0v) is 37.3. The molecule has 0 aromatic heterocycles. The third kappa shape index (κ3) is 14.4. The summed E-state index contributed by atoms with van der Waals surface area (Å²) in [5.41, 5.74) is 5.25. The molecule has 6 amide bonds. The molecule has 0 saturated carbocycles. The van der Waals surface area contributed by atoms with E-state index >= 15 is 0 Å². The Labute approximate surface area is 357 Å². The molecular weight excluding hydrogens is 795 g/mol. The molecule has 0 aliphatic carbocycles. The Morgan fingerprint density at radius 3 is 2.13 bits per heavy atom. The molecule has 1 unspecified atom stereocenters. The molecular formula is C42H65N7O10S. The molecule has 0 radical (unpaired) electrons. The van der Waals surface area contributed by atoms with Gasteiger partial charge in [0.1, 0.15) is 18.1 Å². The first-order chi connectivity index (χ1) is 27.8. The van der Waals surface area contributed by atoms with Crippen molar-refractivity contribution in [1.82, 2.24) is 31.1 Å². The van der Waals surface area contributed by atoms with Crippen LogP contribution in [-0.4, -0.2) is 136 Å². The number of hydrogen-bond donors (Lipinski definition) is 7. The number of carbonyl (C=O) groups excluding carboxylic acids is 6. The highest BCUT2D eigenvalue weighted by Gasteiger charge is 2.42. The van der Waals surface area contributed by atoms with Gasteiger partial charge in [-0.3, -0.25) is 38.5 Å². The van der Waals surface area contributed by atoms with Gasteiger partial charge in [-0.05, 0) is 43.7 Å². The fourth-order valence-corrected chi connectivity index (χ4v) is 7.94. The predicted octanol–water partition coefficient (Wildman–Crippen LogP) is 1.64. The lowest BCUT2D eigenvalue weighted by Crippen LogP contribution is -2.61. The average molecular weight is 860 g/mol. The lowest BCUT2D eigenvalue weighted by Gasteiger charge is -2.40. The van der Waals surface area contributed by atoms with Gasteiger partial charge in [-0.15, -0.1) is 11.8 Å². The molecule has 1 aromatic carbocycles. The van der Waals surface area contributed by atoms with Gasteiger partial charge in [0.05, 0.1) is 17.3 Å². The number of nitrogens with one attached hydrogen (secondary N) is 4. The van der Waals surface area contributed by atoms with Gasteiger partial charge in [0.2, 0.25) is 35.4 Å². The van der Waals surface area contributed by atoms with Crippen molar-refractivity contribution in [2.24, 2.45) is 17.1 Å². The van der Waals surface area contributed by atoms with Gasteiger partial charge in [0.15, 0.2) is 0 Å². The second-order valence-corrected chi connectivity index (χ2v) is 18.3. The predicted molar refractivity (Wildman–Crippen MR) is 228 cm³/mol. The monoisotopic (exact) mass is 859 g/mol. The third-order valence-electron chi connectivity index (χ3n) is 10.6. The van der Waals surface area contributed by atoms with E-state index in [9.17, 15) is 43.5 Å². The number of likely N-dealkylation sites (N-methyl/N-ethyl adjacent to an activating group) is 2. The van der Waals surface area contributed by atoms with Crippen molar-refractivity contribution in [2.45, 2.75) is 122 Å². The van der Waals surface area contributed by atoms with Crippen LogP contribution in [0.1, 0.15) is 86.6 Å². The van der Waals surface area contributed by atoms with Gasteiger partial charge in [0.25, 0.3) is 0 Å². The van der Waals surface area contributed by atoms with Crippen LogP contribution in [-0.2, 0) is 43.8 Å². The Balaban J connectivity index is 2.03. The smallest absolute Gasteiger partial charge is 0.326 e. The summed E-state index contributed by atoms with van der Waals surface area (Å²) in [5.74, 6) is -5.55. The number of carbonyl (C=O) groups is 8. The summed E-state index contributed by atoms with van der Waals surface area (Å²) >= 11 is 1.01. The van der Waals surface area contributed by atoms with Crippen LogP contribution in [0.2, 0.25) is 0 Å². The van der Waals surface area contributed by atoms with E-state index in [1.54, 1.807) is 20.2 Å². The summed E-state index contributed by atoms with van der Waals surface area (Å²) in [4.78, 5) is 105. The number of hydrogen-bond acceptors (Lipinski definition) is 11. The Hall–Kier alpha value is -4.81. The summed E-state index contributed by atoms with van der Waals surface area (Å²) in [5, 5.41) is 29.3. The fraction of sp³-hybridized carbons (Fsp3) is 0.619. The fourth-order valence-electron chi connectivity index (χ4n) is 6.83. The van der Waals surface area contributed by atoms with Crippen LogP contribution >= 0.6 is 11.8 Å². The van der Waals surface area contributed by atoms with E-state index in [-0.39, 0.29) is 67.8 Å². The van der Waals surface area contributed by atoms with Crippen LogP contribution < -0.4 is 27.0 Å². The van der Waals surface area contributed by atoms with Gasteiger partial charge in [-0.2, -0.15) is 0 Å². The van der Waals surface area contributed by atoms with Crippen LogP contribution in [0.4, 0.5) is 0 Å². The zero-order valence-electron chi connectivity index (χ0n) is 36.5. The number of nitrogens with zero attached hydrogens (tertiary/aromatic N) is 2. The number of nitrogens with two attached hydrogens (primary N) is 1. The minimum absolute atomic E-state index is 0.0271. The minimum Gasteiger partial charge on any atom is -0.480 e. The van der Waals surface area contributed by atoms with Gasteiger partial charge < -0.3 is 42.1 Å². The van der Waals surface area contributed by atoms with Crippen LogP contribution in [0.5, 0.6) is 0 Å².